The molecule has 0 bridgehead atoms. The molecule has 2 nitrogen and oxygen atoms in total. The Hall–Kier alpha value is -0.940. The van der Waals surface area contributed by atoms with Gasteiger partial charge in [0, 0.05) is 5.02 Å². The molecule has 1 aromatic carbocycles. The predicted octanol–water partition coefficient (Wildman–Crippen LogP) is 2.73. The van der Waals surface area contributed by atoms with E-state index in [-0.39, 0.29) is 10.6 Å². The van der Waals surface area contributed by atoms with Crippen molar-refractivity contribution in [1.29, 1.82) is 0 Å². The van der Waals surface area contributed by atoms with Crippen LogP contribution in [0.2, 0.25) is 5.02 Å². The van der Waals surface area contributed by atoms with E-state index in [4.69, 9.17) is 16.7 Å². The molecule has 78 valence electrons. The Kier molecular flexibility index (Phi) is 3.23. The highest BCUT2D eigenvalue weighted by atomic mass is 35.5. The number of ether oxygens (including phenoxy) is 1. The number of alkyl halides is 3. The second-order valence-electron chi connectivity index (χ2n) is 2.50. The average molecular weight is 227 g/mol. The summed E-state index contributed by atoms with van der Waals surface area (Å²) in [6.07, 6.45) is -4.75. The molecule has 0 aliphatic rings. The van der Waals surface area contributed by atoms with Crippen molar-refractivity contribution in [2.24, 2.45) is 0 Å². The summed E-state index contributed by atoms with van der Waals surface area (Å²) in [6, 6.07) is 3.44. The summed E-state index contributed by atoms with van der Waals surface area (Å²) in [6.45, 7) is -0.394. The molecule has 0 amide bonds. The lowest BCUT2D eigenvalue weighted by molar-refractivity contribution is -0.274. The highest BCUT2D eigenvalue weighted by Crippen LogP contribution is 2.26. The second-order valence-corrected chi connectivity index (χ2v) is 2.94. The van der Waals surface area contributed by atoms with Crippen LogP contribution in [0.5, 0.6) is 5.75 Å². The second kappa shape index (κ2) is 4.06. The number of rotatable bonds is 2. The lowest BCUT2D eigenvalue weighted by Gasteiger charge is -2.09. The average Bonchev–Trinajstić information content (AvgIpc) is 1.99. The standard InChI is InChI=1S/C8H6ClF3O2/c9-6-1-5(4-13)2-7(3-6)14-8(10,11)12/h1-3,13H,4H2. The molecular weight excluding hydrogens is 221 g/mol. The Morgan fingerprint density at radius 1 is 1.29 bits per heavy atom. The molecule has 1 rings (SSSR count). The molecule has 1 N–H and O–H groups in total. The van der Waals surface area contributed by atoms with Crippen LogP contribution >= 0.6 is 11.6 Å². The summed E-state index contributed by atoms with van der Waals surface area (Å²) >= 11 is 5.50. The van der Waals surface area contributed by atoms with Crippen LogP contribution in [0.15, 0.2) is 18.2 Å². The van der Waals surface area contributed by atoms with Gasteiger partial charge >= 0.3 is 6.36 Å². The third-order valence-corrected chi connectivity index (χ3v) is 1.57. The number of benzene rings is 1. The monoisotopic (exact) mass is 226 g/mol. The maximum Gasteiger partial charge on any atom is 0.573 e. The van der Waals surface area contributed by atoms with Gasteiger partial charge < -0.3 is 9.84 Å². The lowest BCUT2D eigenvalue weighted by atomic mass is 10.2. The lowest BCUT2D eigenvalue weighted by Crippen LogP contribution is -2.17. The van der Waals surface area contributed by atoms with E-state index in [9.17, 15) is 13.2 Å². The Labute approximate surface area is 82.9 Å². The van der Waals surface area contributed by atoms with E-state index < -0.39 is 18.7 Å². The third kappa shape index (κ3) is 3.43. The van der Waals surface area contributed by atoms with Gasteiger partial charge in [-0.2, -0.15) is 0 Å². The van der Waals surface area contributed by atoms with Crippen molar-refractivity contribution in [1.82, 2.24) is 0 Å². The van der Waals surface area contributed by atoms with Crippen molar-refractivity contribution < 1.29 is 23.0 Å². The van der Waals surface area contributed by atoms with E-state index in [2.05, 4.69) is 4.74 Å². The van der Waals surface area contributed by atoms with Gasteiger partial charge in [-0.15, -0.1) is 13.2 Å². The van der Waals surface area contributed by atoms with E-state index in [1.807, 2.05) is 0 Å². The van der Waals surface area contributed by atoms with Crippen molar-refractivity contribution in [3.05, 3.63) is 28.8 Å². The van der Waals surface area contributed by atoms with E-state index in [0.717, 1.165) is 12.1 Å². The Bertz CT molecular complexity index is 325. The predicted molar refractivity (Wildman–Crippen MR) is 44.1 cm³/mol. The third-order valence-electron chi connectivity index (χ3n) is 1.35. The molecule has 14 heavy (non-hydrogen) atoms. The number of aliphatic hydroxyl groups excluding tert-OH is 1. The van der Waals surface area contributed by atoms with Gasteiger partial charge in [0.25, 0.3) is 0 Å². The number of hydrogen-bond acceptors (Lipinski definition) is 2. The van der Waals surface area contributed by atoms with Gasteiger partial charge in [-0.05, 0) is 23.8 Å². The zero-order valence-electron chi connectivity index (χ0n) is 6.81. The van der Waals surface area contributed by atoms with Crippen LogP contribution < -0.4 is 4.74 Å². The van der Waals surface area contributed by atoms with E-state index in [0.29, 0.717) is 0 Å². The van der Waals surface area contributed by atoms with Gasteiger partial charge in [-0.3, -0.25) is 0 Å². The van der Waals surface area contributed by atoms with Crippen molar-refractivity contribution >= 4 is 11.6 Å². The molecule has 0 saturated carbocycles. The highest BCUT2D eigenvalue weighted by Gasteiger charge is 2.31. The fourth-order valence-electron chi connectivity index (χ4n) is 0.905. The van der Waals surface area contributed by atoms with Gasteiger partial charge in [0.1, 0.15) is 5.75 Å². The molecule has 0 aromatic heterocycles. The SMILES string of the molecule is OCc1cc(Cl)cc(OC(F)(F)F)c1. The van der Waals surface area contributed by atoms with Gasteiger partial charge in [-0.25, -0.2) is 0 Å². The summed E-state index contributed by atoms with van der Waals surface area (Å²) < 4.78 is 39.0. The van der Waals surface area contributed by atoms with Crippen molar-refractivity contribution in [2.75, 3.05) is 0 Å². The first-order valence-electron chi connectivity index (χ1n) is 3.57. The number of halogens is 4. The first-order valence-corrected chi connectivity index (χ1v) is 3.94. The van der Waals surface area contributed by atoms with Crippen molar-refractivity contribution in [3.8, 4) is 5.75 Å². The molecule has 0 fully saturated rings. The molecular formula is C8H6ClF3O2. The van der Waals surface area contributed by atoms with Gasteiger partial charge in [0.15, 0.2) is 0 Å². The molecule has 6 heteroatoms. The molecule has 0 spiro atoms. The van der Waals surface area contributed by atoms with Crippen LogP contribution in [-0.4, -0.2) is 11.5 Å². The quantitative estimate of drug-likeness (QED) is 0.840. The maximum atomic E-state index is 11.8. The minimum absolute atomic E-state index is 0.0794. The molecule has 0 saturated heterocycles. The van der Waals surface area contributed by atoms with Gasteiger partial charge in [0.05, 0.1) is 6.61 Å². The maximum absolute atomic E-state index is 11.8. The number of aliphatic hydroxyl groups is 1. The Morgan fingerprint density at radius 2 is 1.93 bits per heavy atom. The highest BCUT2D eigenvalue weighted by molar-refractivity contribution is 6.30. The molecule has 0 atom stereocenters. The van der Waals surface area contributed by atoms with E-state index >= 15 is 0 Å². The minimum atomic E-state index is -4.75. The zero-order chi connectivity index (χ0) is 10.8. The van der Waals surface area contributed by atoms with Crippen LogP contribution in [0, 0.1) is 0 Å². The molecule has 0 unspecified atom stereocenters. The topological polar surface area (TPSA) is 29.5 Å². The van der Waals surface area contributed by atoms with E-state index in [1.54, 1.807) is 0 Å². The molecule has 1 aromatic rings. The van der Waals surface area contributed by atoms with Crippen LogP contribution in [0.25, 0.3) is 0 Å². The Balaban J connectivity index is 2.92. The van der Waals surface area contributed by atoms with Crippen molar-refractivity contribution in [2.45, 2.75) is 13.0 Å². The summed E-state index contributed by atoms with van der Waals surface area (Å²) in [5, 5.41) is 8.77. The molecule has 0 aliphatic heterocycles. The van der Waals surface area contributed by atoms with Crippen LogP contribution in [0.3, 0.4) is 0 Å². The smallest absolute Gasteiger partial charge is 0.406 e. The zero-order valence-corrected chi connectivity index (χ0v) is 7.56. The first kappa shape index (κ1) is 11.1. The fourth-order valence-corrected chi connectivity index (χ4v) is 1.15. The summed E-state index contributed by atoms with van der Waals surface area (Å²) in [5.41, 5.74) is 0.261. The molecule has 0 aliphatic carbocycles. The summed E-state index contributed by atoms with van der Waals surface area (Å²) in [7, 11) is 0. The summed E-state index contributed by atoms with van der Waals surface area (Å²) in [4.78, 5) is 0. The summed E-state index contributed by atoms with van der Waals surface area (Å²) in [5.74, 6) is -0.436. The van der Waals surface area contributed by atoms with Crippen LogP contribution in [0.1, 0.15) is 5.56 Å². The Morgan fingerprint density at radius 3 is 2.43 bits per heavy atom. The first-order chi connectivity index (χ1) is 6.40. The molecule has 0 heterocycles. The van der Waals surface area contributed by atoms with Crippen LogP contribution in [-0.2, 0) is 6.61 Å². The van der Waals surface area contributed by atoms with Gasteiger partial charge in [0.2, 0.25) is 0 Å². The number of hydrogen-bond donors (Lipinski definition) is 1. The largest absolute Gasteiger partial charge is 0.573 e. The van der Waals surface area contributed by atoms with Crippen LogP contribution in [0.4, 0.5) is 13.2 Å². The van der Waals surface area contributed by atoms with Gasteiger partial charge in [-0.1, -0.05) is 11.6 Å². The minimum Gasteiger partial charge on any atom is -0.406 e. The van der Waals surface area contributed by atoms with E-state index in [1.165, 1.54) is 6.07 Å². The van der Waals surface area contributed by atoms with Crippen molar-refractivity contribution in [3.63, 3.8) is 0 Å². The fraction of sp³-hybridized carbons (Fsp3) is 0.250. The normalized spacial score (nSPS) is 11.5. The molecule has 0 radical (unpaired) electrons.